The van der Waals surface area contributed by atoms with Crippen LogP contribution in [0.1, 0.15) is 29.5 Å². The third-order valence-electron chi connectivity index (χ3n) is 4.76. The van der Waals surface area contributed by atoms with Gasteiger partial charge < -0.3 is 20.6 Å². The van der Waals surface area contributed by atoms with E-state index in [-0.39, 0.29) is 17.8 Å². The van der Waals surface area contributed by atoms with Crippen molar-refractivity contribution in [3.8, 4) is 0 Å². The fourth-order valence-electron chi connectivity index (χ4n) is 3.10. The van der Waals surface area contributed by atoms with Crippen molar-refractivity contribution in [3.05, 3.63) is 41.1 Å². The first-order valence-corrected chi connectivity index (χ1v) is 8.87. The van der Waals surface area contributed by atoms with Gasteiger partial charge in [-0.3, -0.25) is 0 Å². The van der Waals surface area contributed by atoms with Gasteiger partial charge in [0.1, 0.15) is 11.4 Å². The largest absolute Gasteiger partial charge is 0.465 e. The zero-order valence-corrected chi connectivity index (χ0v) is 14.8. The molecule has 0 saturated heterocycles. The molecule has 0 unspecified atom stereocenters. The highest BCUT2D eigenvalue weighted by atomic mass is 19.4. The van der Waals surface area contributed by atoms with Gasteiger partial charge in [-0.15, -0.1) is 0 Å². The van der Waals surface area contributed by atoms with E-state index in [0.717, 1.165) is 30.2 Å². The van der Waals surface area contributed by atoms with Crippen molar-refractivity contribution in [3.63, 3.8) is 0 Å². The number of anilines is 3. The maximum Gasteiger partial charge on any atom is 0.421 e. The van der Waals surface area contributed by atoms with E-state index >= 15 is 0 Å². The van der Waals surface area contributed by atoms with Gasteiger partial charge >= 0.3 is 12.3 Å². The van der Waals surface area contributed by atoms with E-state index in [1.54, 1.807) is 12.1 Å². The Kier molecular flexibility index (Phi) is 4.48. The molecule has 1 aliphatic heterocycles. The third-order valence-corrected chi connectivity index (χ3v) is 4.76. The SMILES string of the molecule is O=C(O)N1CCc2cc(Nc3ncc(C(F)(F)F)c(NC4CC4)n3)ccc2C1. The summed E-state index contributed by atoms with van der Waals surface area (Å²) >= 11 is 0. The Balaban J connectivity index is 1.55. The molecule has 1 saturated carbocycles. The number of nitrogens with one attached hydrogen (secondary N) is 2. The second-order valence-electron chi connectivity index (χ2n) is 6.93. The van der Waals surface area contributed by atoms with Crippen molar-refractivity contribution in [2.24, 2.45) is 0 Å². The van der Waals surface area contributed by atoms with Gasteiger partial charge in [-0.05, 0) is 42.5 Å². The summed E-state index contributed by atoms with van der Waals surface area (Å²) in [5.41, 5.74) is 1.65. The summed E-state index contributed by atoms with van der Waals surface area (Å²) in [4.78, 5) is 20.3. The molecule has 0 atom stereocenters. The van der Waals surface area contributed by atoms with Crippen molar-refractivity contribution >= 4 is 23.5 Å². The predicted octanol–water partition coefficient (Wildman–Crippen LogP) is 3.85. The fourth-order valence-corrected chi connectivity index (χ4v) is 3.10. The second-order valence-corrected chi connectivity index (χ2v) is 6.93. The number of carbonyl (C=O) groups is 1. The van der Waals surface area contributed by atoms with Crippen molar-refractivity contribution in [2.45, 2.75) is 38.0 Å². The van der Waals surface area contributed by atoms with Gasteiger partial charge in [0.05, 0.1) is 0 Å². The molecule has 1 aromatic carbocycles. The molecule has 0 spiro atoms. The Morgan fingerprint density at radius 2 is 2.04 bits per heavy atom. The lowest BCUT2D eigenvalue weighted by Gasteiger charge is -2.26. The van der Waals surface area contributed by atoms with E-state index in [2.05, 4.69) is 20.6 Å². The minimum atomic E-state index is -4.53. The fraction of sp³-hybridized carbons (Fsp3) is 0.389. The average molecular weight is 393 g/mol. The first-order chi connectivity index (χ1) is 13.3. The minimum Gasteiger partial charge on any atom is -0.465 e. The summed E-state index contributed by atoms with van der Waals surface area (Å²) in [6.07, 6.45) is -2.49. The molecule has 3 N–H and O–H groups in total. The van der Waals surface area contributed by atoms with E-state index in [4.69, 9.17) is 5.11 Å². The number of halogens is 3. The average Bonchev–Trinajstić information content (AvgIpc) is 3.44. The minimum absolute atomic E-state index is 0.0183. The molecule has 7 nitrogen and oxygen atoms in total. The molecular weight excluding hydrogens is 375 g/mol. The molecule has 28 heavy (non-hydrogen) atoms. The van der Waals surface area contributed by atoms with Crippen molar-refractivity contribution in [2.75, 3.05) is 17.2 Å². The van der Waals surface area contributed by atoms with Crippen LogP contribution >= 0.6 is 0 Å². The summed E-state index contributed by atoms with van der Waals surface area (Å²) in [5, 5.41) is 14.8. The molecule has 1 amide bonds. The molecule has 0 bridgehead atoms. The van der Waals surface area contributed by atoms with Gasteiger partial charge in [-0.25, -0.2) is 9.78 Å². The normalized spacial score (nSPS) is 16.5. The zero-order chi connectivity index (χ0) is 19.9. The number of rotatable bonds is 4. The number of alkyl halides is 3. The second kappa shape index (κ2) is 6.84. The summed E-state index contributed by atoms with van der Waals surface area (Å²) in [5.74, 6) is -0.151. The highest BCUT2D eigenvalue weighted by Gasteiger charge is 2.37. The van der Waals surface area contributed by atoms with Crippen LogP contribution in [0.4, 0.5) is 35.4 Å². The van der Waals surface area contributed by atoms with E-state index < -0.39 is 17.8 Å². The van der Waals surface area contributed by atoms with Gasteiger partial charge in [0.2, 0.25) is 5.95 Å². The molecule has 4 rings (SSSR count). The van der Waals surface area contributed by atoms with Gasteiger partial charge in [0.15, 0.2) is 0 Å². The number of hydrogen-bond acceptors (Lipinski definition) is 5. The molecule has 2 aliphatic rings. The van der Waals surface area contributed by atoms with Gasteiger partial charge in [-0.1, -0.05) is 6.07 Å². The molecular formula is C18H18F3N5O2. The van der Waals surface area contributed by atoms with Crippen LogP contribution < -0.4 is 10.6 Å². The summed E-state index contributed by atoms with van der Waals surface area (Å²) in [6.45, 7) is 0.717. The van der Waals surface area contributed by atoms with Crippen LogP contribution in [0.2, 0.25) is 0 Å². The first-order valence-electron chi connectivity index (χ1n) is 8.87. The topological polar surface area (TPSA) is 90.4 Å². The first kappa shape index (κ1) is 18.3. The maximum atomic E-state index is 13.2. The Morgan fingerprint density at radius 3 is 2.71 bits per heavy atom. The summed E-state index contributed by atoms with van der Waals surface area (Å²) < 4.78 is 39.5. The maximum absolute atomic E-state index is 13.2. The van der Waals surface area contributed by atoms with Crippen LogP contribution in [0.3, 0.4) is 0 Å². The Bertz CT molecular complexity index is 915. The molecule has 2 aromatic rings. The Hall–Kier alpha value is -3.04. The van der Waals surface area contributed by atoms with Crippen LogP contribution in [-0.2, 0) is 19.1 Å². The number of aromatic nitrogens is 2. The van der Waals surface area contributed by atoms with Crippen LogP contribution in [0, 0.1) is 0 Å². The van der Waals surface area contributed by atoms with Gasteiger partial charge in [-0.2, -0.15) is 18.2 Å². The molecule has 1 aliphatic carbocycles. The number of nitrogens with zero attached hydrogens (tertiary/aromatic N) is 3. The smallest absolute Gasteiger partial charge is 0.421 e. The standard InChI is InChI=1S/C18H18F3N5O2/c19-18(20,21)14-8-22-16(25-15(14)23-12-3-4-12)24-13-2-1-11-9-26(17(27)28)6-5-10(11)7-13/h1-2,7-8,12H,3-6,9H2,(H,27,28)(H2,22,23,24,25). The van der Waals surface area contributed by atoms with Crippen LogP contribution in [-0.4, -0.2) is 38.7 Å². The summed E-state index contributed by atoms with van der Waals surface area (Å²) in [7, 11) is 0. The van der Waals surface area contributed by atoms with Crippen molar-refractivity contribution < 1.29 is 23.1 Å². The van der Waals surface area contributed by atoms with Gasteiger partial charge in [0.25, 0.3) is 0 Å². The quantitative estimate of drug-likeness (QED) is 0.731. The monoisotopic (exact) mass is 393 g/mol. The summed E-state index contributed by atoms with van der Waals surface area (Å²) in [6, 6.07) is 5.41. The number of carboxylic acid groups (broad SMARTS) is 1. The van der Waals surface area contributed by atoms with E-state index in [9.17, 15) is 18.0 Å². The molecule has 1 aromatic heterocycles. The lowest BCUT2D eigenvalue weighted by molar-refractivity contribution is -0.137. The Labute approximate surface area is 158 Å². The Morgan fingerprint density at radius 1 is 1.25 bits per heavy atom. The van der Waals surface area contributed by atoms with E-state index in [1.807, 2.05) is 6.07 Å². The predicted molar refractivity (Wildman–Crippen MR) is 95.5 cm³/mol. The van der Waals surface area contributed by atoms with Gasteiger partial charge in [0, 0.05) is 31.0 Å². The highest BCUT2D eigenvalue weighted by Crippen LogP contribution is 2.36. The van der Waals surface area contributed by atoms with Crippen molar-refractivity contribution in [1.82, 2.24) is 14.9 Å². The van der Waals surface area contributed by atoms with Crippen LogP contribution in [0.25, 0.3) is 0 Å². The van der Waals surface area contributed by atoms with Crippen molar-refractivity contribution in [1.29, 1.82) is 0 Å². The lowest BCUT2D eigenvalue weighted by Crippen LogP contribution is -2.34. The number of amides is 1. The van der Waals surface area contributed by atoms with Crippen LogP contribution in [0.5, 0.6) is 0 Å². The molecule has 0 radical (unpaired) electrons. The lowest BCUT2D eigenvalue weighted by atomic mass is 9.99. The number of hydrogen-bond donors (Lipinski definition) is 3. The molecule has 10 heteroatoms. The molecule has 1 fully saturated rings. The number of benzene rings is 1. The van der Waals surface area contributed by atoms with E-state index in [0.29, 0.717) is 25.2 Å². The highest BCUT2D eigenvalue weighted by molar-refractivity contribution is 5.66. The molecule has 148 valence electrons. The zero-order valence-electron chi connectivity index (χ0n) is 14.8. The van der Waals surface area contributed by atoms with Crippen LogP contribution in [0.15, 0.2) is 24.4 Å². The molecule has 2 heterocycles. The number of fused-ring (bicyclic) bond motifs is 1. The van der Waals surface area contributed by atoms with E-state index in [1.165, 1.54) is 4.90 Å². The third kappa shape index (κ3) is 3.95.